The van der Waals surface area contributed by atoms with E-state index in [1.165, 1.54) is 10.5 Å². The number of hydrogen-bond donors (Lipinski definition) is 2. The second-order valence-electron chi connectivity index (χ2n) is 7.00. The molecule has 2 aromatic rings. The molecule has 2 fully saturated rings. The van der Waals surface area contributed by atoms with Crippen LogP contribution in [0.2, 0.25) is 0 Å². The summed E-state index contributed by atoms with van der Waals surface area (Å²) in [6, 6.07) is 1.81. The van der Waals surface area contributed by atoms with E-state index in [-0.39, 0.29) is 11.9 Å². The zero-order valence-corrected chi connectivity index (χ0v) is 15.7. The van der Waals surface area contributed by atoms with Crippen molar-refractivity contribution < 1.29 is 13.2 Å². The first-order valence-corrected chi connectivity index (χ1v) is 10.6. The van der Waals surface area contributed by atoms with Crippen LogP contribution >= 0.6 is 0 Å². The molecule has 0 unspecified atom stereocenters. The van der Waals surface area contributed by atoms with Gasteiger partial charge in [0, 0.05) is 38.4 Å². The van der Waals surface area contributed by atoms with Crippen molar-refractivity contribution in [3.8, 4) is 0 Å². The van der Waals surface area contributed by atoms with E-state index < -0.39 is 10.2 Å². The van der Waals surface area contributed by atoms with E-state index in [1.54, 1.807) is 4.52 Å². The summed E-state index contributed by atoms with van der Waals surface area (Å²) in [5.41, 5.74) is 0.948. The highest BCUT2D eigenvalue weighted by Gasteiger charge is 2.27. The third-order valence-corrected chi connectivity index (χ3v) is 6.26. The summed E-state index contributed by atoms with van der Waals surface area (Å²) in [7, 11) is -3.67. The lowest BCUT2D eigenvalue weighted by atomic mass is 10.1. The first-order valence-electron chi connectivity index (χ1n) is 9.10. The highest BCUT2D eigenvalue weighted by Crippen LogP contribution is 2.20. The van der Waals surface area contributed by atoms with E-state index in [4.69, 9.17) is 5.14 Å². The molecule has 3 N–H and O–H groups in total. The van der Waals surface area contributed by atoms with Crippen LogP contribution in [0.1, 0.15) is 36.0 Å². The number of amides is 1. The minimum Gasteiger partial charge on any atom is -0.357 e. The molecule has 4 rings (SSSR count). The summed E-state index contributed by atoms with van der Waals surface area (Å²) in [6.07, 6.45) is 6.68. The van der Waals surface area contributed by atoms with E-state index in [0.29, 0.717) is 37.1 Å². The Morgan fingerprint density at radius 1 is 1.19 bits per heavy atom. The number of carbonyl (C=O) groups is 1. The number of aromatic nitrogens is 3. The molecule has 4 heterocycles. The van der Waals surface area contributed by atoms with Crippen LogP contribution in [0.5, 0.6) is 0 Å². The maximum absolute atomic E-state index is 12.7. The number of rotatable bonds is 4. The van der Waals surface area contributed by atoms with Crippen LogP contribution < -0.4 is 15.4 Å². The smallest absolute Gasteiger partial charge is 0.276 e. The molecule has 0 bridgehead atoms. The van der Waals surface area contributed by atoms with Crippen molar-refractivity contribution in [3.63, 3.8) is 0 Å². The molecule has 2 aliphatic rings. The van der Waals surface area contributed by atoms with Crippen LogP contribution in [0.4, 0.5) is 5.82 Å². The predicted octanol–water partition coefficient (Wildman–Crippen LogP) is -0.273. The number of nitrogens with zero attached hydrogens (tertiary/aromatic N) is 5. The Morgan fingerprint density at radius 3 is 2.56 bits per heavy atom. The molecule has 11 heteroatoms. The van der Waals surface area contributed by atoms with Gasteiger partial charge in [0.15, 0.2) is 5.65 Å². The lowest BCUT2D eigenvalue weighted by Gasteiger charge is -2.30. The van der Waals surface area contributed by atoms with Crippen LogP contribution in [0, 0.1) is 0 Å². The minimum atomic E-state index is -3.67. The Labute approximate surface area is 157 Å². The van der Waals surface area contributed by atoms with E-state index in [1.807, 2.05) is 12.3 Å². The van der Waals surface area contributed by atoms with Gasteiger partial charge in [-0.3, -0.25) is 4.79 Å². The van der Waals surface area contributed by atoms with Gasteiger partial charge in [0.05, 0.1) is 6.20 Å². The molecule has 0 aliphatic carbocycles. The molecule has 1 amide bonds. The molecule has 2 aromatic heterocycles. The second kappa shape index (κ2) is 7.06. The molecule has 2 aliphatic heterocycles. The maximum atomic E-state index is 12.7. The lowest BCUT2D eigenvalue weighted by Crippen LogP contribution is -2.48. The van der Waals surface area contributed by atoms with Crippen molar-refractivity contribution in [3.05, 3.63) is 24.0 Å². The predicted molar refractivity (Wildman–Crippen MR) is 99.6 cm³/mol. The van der Waals surface area contributed by atoms with Gasteiger partial charge in [0.25, 0.3) is 16.1 Å². The standard InChI is InChI=1S/C16H23N7O3S/c17-27(25,26)22-8-3-12(4-9-22)19-16(24)13-11-18-23-10-5-14(20-15(13)23)21-6-1-2-7-21/h5,10-12H,1-4,6-9H2,(H,19,24)(H2,17,25,26). The molecule has 0 radical (unpaired) electrons. The van der Waals surface area contributed by atoms with Gasteiger partial charge >= 0.3 is 0 Å². The molecule has 27 heavy (non-hydrogen) atoms. The van der Waals surface area contributed by atoms with Gasteiger partial charge < -0.3 is 10.2 Å². The van der Waals surface area contributed by atoms with Crippen LogP contribution in [0.25, 0.3) is 5.65 Å². The zero-order valence-electron chi connectivity index (χ0n) is 14.9. The number of fused-ring (bicyclic) bond motifs is 1. The molecule has 146 valence electrons. The molecular weight excluding hydrogens is 370 g/mol. The van der Waals surface area contributed by atoms with Crippen molar-refractivity contribution in [1.82, 2.24) is 24.2 Å². The number of carbonyl (C=O) groups excluding carboxylic acids is 1. The van der Waals surface area contributed by atoms with Gasteiger partial charge in [-0.15, -0.1) is 0 Å². The summed E-state index contributed by atoms with van der Waals surface area (Å²) in [5, 5.41) is 12.3. The topological polar surface area (TPSA) is 126 Å². The van der Waals surface area contributed by atoms with Crippen LogP contribution in [0.3, 0.4) is 0 Å². The van der Waals surface area contributed by atoms with E-state index in [9.17, 15) is 13.2 Å². The Hall–Kier alpha value is -2.24. The van der Waals surface area contributed by atoms with Crippen LogP contribution in [-0.2, 0) is 10.2 Å². The molecular formula is C16H23N7O3S. The van der Waals surface area contributed by atoms with Gasteiger partial charge in [-0.05, 0) is 31.7 Å². The third kappa shape index (κ3) is 3.75. The fourth-order valence-electron chi connectivity index (χ4n) is 3.66. The molecule has 10 nitrogen and oxygen atoms in total. The van der Waals surface area contributed by atoms with Gasteiger partial charge in [0.1, 0.15) is 11.4 Å². The maximum Gasteiger partial charge on any atom is 0.276 e. The van der Waals surface area contributed by atoms with Gasteiger partial charge in [-0.25, -0.2) is 14.6 Å². The summed E-state index contributed by atoms with van der Waals surface area (Å²) in [6.45, 7) is 2.55. The highest BCUT2D eigenvalue weighted by atomic mass is 32.2. The largest absolute Gasteiger partial charge is 0.357 e. The zero-order chi connectivity index (χ0) is 19.0. The average Bonchev–Trinajstić information content (AvgIpc) is 3.30. The fourth-order valence-corrected chi connectivity index (χ4v) is 4.38. The van der Waals surface area contributed by atoms with Crippen molar-refractivity contribution in [1.29, 1.82) is 0 Å². The summed E-state index contributed by atoms with van der Waals surface area (Å²) in [4.78, 5) is 19.6. The van der Waals surface area contributed by atoms with E-state index >= 15 is 0 Å². The first kappa shape index (κ1) is 18.1. The minimum absolute atomic E-state index is 0.104. The Balaban J connectivity index is 1.47. The van der Waals surface area contributed by atoms with Crippen molar-refractivity contribution in [2.45, 2.75) is 31.7 Å². The molecule has 0 saturated carbocycles. The number of anilines is 1. The third-order valence-electron chi connectivity index (χ3n) is 5.18. The number of hydrogen-bond acceptors (Lipinski definition) is 6. The van der Waals surface area contributed by atoms with Gasteiger partial charge in [-0.1, -0.05) is 0 Å². The van der Waals surface area contributed by atoms with Crippen molar-refractivity contribution in [2.75, 3.05) is 31.1 Å². The molecule has 2 saturated heterocycles. The Morgan fingerprint density at radius 2 is 1.89 bits per heavy atom. The van der Waals surface area contributed by atoms with Crippen LogP contribution in [0.15, 0.2) is 18.5 Å². The molecule has 0 spiro atoms. The highest BCUT2D eigenvalue weighted by molar-refractivity contribution is 7.86. The lowest BCUT2D eigenvalue weighted by molar-refractivity contribution is 0.0925. The Kier molecular flexibility index (Phi) is 4.74. The average molecular weight is 393 g/mol. The molecule has 0 aromatic carbocycles. The quantitative estimate of drug-likeness (QED) is 0.736. The number of piperidine rings is 1. The second-order valence-corrected chi connectivity index (χ2v) is 8.54. The normalized spacial score (nSPS) is 19.7. The van der Waals surface area contributed by atoms with Crippen LogP contribution in [-0.4, -0.2) is 65.4 Å². The van der Waals surface area contributed by atoms with Crippen molar-refractivity contribution >= 4 is 27.6 Å². The van der Waals surface area contributed by atoms with Gasteiger partial charge in [0.2, 0.25) is 0 Å². The number of nitrogens with one attached hydrogen (secondary N) is 1. The fraction of sp³-hybridized carbons (Fsp3) is 0.562. The SMILES string of the molecule is NS(=O)(=O)N1CCC(NC(=O)c2cnn3ccc(N4CCCC4)nc23)CC1. The van der Waals surface area contributed by atoms with Crippen molar-refractivity contribution in [2.24, 2.45) is 5.14 Å². The van der Waals surface area contributed by atoms with E-state index in [0.717, 1.165) is 31.7 Å². The molecule has 0 atom stereocenters. The van der Waals surface area contributed by atoms with E-state index in [2.05, 4.69) is 20.3 Å². The summed E-state index contributed by atoms with van der Waals surface area (Å²) < 4.78 is 25.6. The summed E-state index contributed by atoms with van der Waals surface area (Å²) in [5.74, 6) is 0.612. The monoisotopic (exact) mass is 393 g/mol. The number of nitrogens with two attached hydrogens (primary N) is 1. The van der Waals surface area contributed by atoms with Gasteiger partial charge in [-0.2, -0.15) is 17.8 Å². The summed E-state index contributed by atoms with van der Waals surface area (Å²) >= 11 is 0. The Bertz CT molecular complexity index is 944. The first-order chi connectivity index (χ1) is 12.9.